The number of hydrogen-bond acceptors (Lipinski definition) is 5. The molecule has 3 rings (SSSR count). The summed E-state index contributed by atoms with van der Waals surface area (Å²) in [6, 6.07) is 22.0. The van der Waals surface area contributed by atoms with Crippen molar-refractivity contribution in [2.45, 2.75) is 0 Å². The Bertz CT molecular complexity index is 1110. The van der Waals surface area contributed by atoms with E-state index in [4.69, 9.17) is 21.1 Å². The van der Waals surface area contributed by atoms with Crippen LogP contribution in [0.4, 0.5) is 11.4 Å². The number of para-hydroxylation sites is 3. The van der Waals surface area contributed by atoms with Crippen LogP contribution in [0.25, 0.3) is 0 Å². The average molecular weight is 447 g/mol. The normalized spacial score (nSPS) is 11.2. The van der Waals surface area contributed by atoms with Crippen LogP contribution >= 0.6 is 11.6 Å². The Morgan fingerprint density at radius 2 is 1.47 bits per heavy atom. The van der Waals surface area contributed by atoms with E-state index in [2.05, 4.69) is 33.9 Å². The Kier molecular flexibility index (Phi) is 8.60. The number of anilines is 1. The van der Waals surface area contributed by atoms with Crippen molar-refractivity contribution in [1.82, 2.24) is 0 Å². The van der Waals surface area contributed by atoms with E-state index in [-0.39, 0.29) is 0 Å². The van der Waals surface area contributed by atoms with E-state index in [1.54, 1.807) is 24.3 Å². The third-order valence-electron chi connectivity index (χ3n) is 4.10. The Labute approximate surface area is 192 Å². The van der Waals surface area contributed by atoms with Gasteiger partial charge in [0, 0.05) is 10.6 Å². The molecule has 0 amide bonds. The van der Waals surface area contributed by atoms with E-state index in [0.29, 0.717) is 46.9 Å². The van der Waals surface area contributed by atoms with Crippen molar-refractivity contribution in [2.24, 2.45) is 15.3 Å². The fourth-order valence-corrected chi connectivity index (χ4v) is 2.73. The number of ether oxygens (including phenoxy) is 2. The van der Waals surface area contributed by atoms with E-state index in [1.807, 2.05) is 60.7 Å². The van der Waals surface area contributed by atoms with Crippen LogP contribution in [0.15, 0.2) is 113 Å². The highest BCUT2D eigenvalue weighted by atomic mass is 35.5. The molecule has 1 N–H and O–H groups in total. The zero-order chi connectivity index (χ0) is 22.6. The number of benzene rings is 3. The second-order valence-electron chi connectivity index (χ2n) is 6.42. The van der Waals surface area contributed by atoms with Gasteiger partial charge in [0.05, 0.1) is 5.69 Å². The minimum atomic E-state index is 0.360. The Morgan fingerprint density at radius 3 is 2.19 bits per heavy atom. The third-order valence-corrected chi connectivity index (χ3v) is 4.35. The van der Waals surface area contributed by atoms with E-state index in [1.165, 1.54) is 0 Å². The van der Waals surface area contributed by atoms with Gasteiger partial charge in [-0.05, 0) is 48.5 Å². The molecule has 0 saturated heterocycles. The van der Waals surface area contributed by atoms with Crippen LogP contribution in [0.5, 0.6) is 11.5 Å². The molecule has 7 heteroatoms. The molecule has 0 spiro atoms. The van der Waals surface area contributed by atoms with Crippen molar-refractivity contribution in [3.05, 3.63) is 109 Å². The molecule has 0 aliphatic carbocycles. The molecule has 0 bridgehead atoms. The van der Waals surface area contributed by atoms with Crippen LogP contribution in [0.2, 0.25) is 5.02 Å². The molecule has 0 heterocycles. The van der Waals surface area contributed by atoms with Gasteiger partial charge in [0.1, 0.15) is 30.4 Å². The maximum absolute atomic E-state index is 6.04. The minimum absolute atomic E-state index is 0.360. The monoisotopic (exact) mass is 446 g/mol. The molecule has 6 nitrogen and oxygen atoms in total. The van der Waals surface area contributed by atoms with Gasteiger partial charge in [0.2, 0.25) is 5.84 Å². The summed E-state index contributed by atoms with van der Waals surface area (Å²) >= 11 is 6.04. The summed E-state index contributed by atoms with van der Waals surface area (Å²) < 4.78 is 11.3. The van der Waals surface area contributed by atoms with Gasteiger partial charge in [-0.15, -0.1) is 10.2 Å². The Morgan fingerprint density at radius 1 is 0.844 bits per heavy atom. The first-order chi connectivity index (χ1) is 15.7. The number of hydrogen-bond donors (Lipinski definition) is 1. The first kappa shape index (κ1) is 22.8. The van der Waals surface area contributed by atoms with Crippen molar-refractivity contribution in [2.75, 3.05) is 18.6 Å². The Hall–Kier alpha value is -3.90. The molecule has 0 fully saturated rings. The van der Waals surface area contributed by atoms with Crippen LogP contribution < -0.4 is 14.9 Å². The molecule has 0 aliphatic heterocycles. The van der Waals surface area contributed by atoms with Crippen LogP contribution in [0.3, 0.4) is 0 Å². The zero-order valence-electron chi connectivity index (χ0n) is 17.4. The fraction of sp³-hybridized carbons (Fsp3) is 0.0800. The summed E-state index contributed by atoms with van der Waals surface area (Å²) in [5.41, 5.74) is 5.01. The van der Waals surface area contributed by atoms with Gasteiger partial charge in [-0.3, -0.25) is 5.43 Å². The van der Waals surface area contributed by atoms with Gasteiger partial charge < -0.3 is 9.47 Å². The zero-order valence-corrected chi connectivity index (χ0v) is 18.2. The van der Waals surface area contributed by atoms with Crippen molar-refractivity contribution >= 4 is 28.8 Å². The van der Waals surface area contributed by atoms with E-state index in [0.717, 1.165) is 5.56 Å². The third kappa shape index (κ3) is 6.55. The highest BCUT2D eigenvalue weighted by Gasteiger charge is 2.07. The largest absolute Gasteiger partial charge is 0.487 e. The lowest BCUT2D eigenvalue weighted by Crippen LogP contribution is -2.03. The summed E-state index contributed by atoms with van der Waals surface area (Å²) in [5.74, 6) is 1.60. The van der Waals surface area contributed by atoms with Crippen molar-refractivity contribution < 1.29 is 9.47 Å². The number of azo groups is 1. The van der Waals surface area contributed by atoms with Crippen molar-refractivity contribution in [3.8, 4) is 11.5 Å². The van der Waals surface area contributed by atoms with E-state index < -0.39 is 0 Å². The smallest absolute Gasteiger partial charge is 0.201 e. The second-order valence-corrected chi connectivity index (χ2v) is 6.85. The lowest BCUT2D eigenvalue weighted by molar-refractivity contribution is 0.364. The van der Waals surface area contributed by atoms with Gasteiger partial charge in [-0.1, -0.05) is 61.2 Å². The molecule has 0 atom stereocenters. The molecular weight excluding hydrogens is 424 g/mol. The molecule has 0 unspecified atom stereocenters. The lowest BCUT2D eigenvalue weighted by Gasteiger charge is -2.10. The van der Waals surface area contributed by atoms with E-state index >= 15 is 0 Å². The topological polar surface area (TPSA) is 67.6 Å². The number of amidine groups is 1. The summed E-state index contributed by atoms with van der Waals surface area (Å²) in [6.07, 6.45) is 3.35. The molecular formula is C25H23ClN4O2. The van der Waals surface area contributed by atoms with Gasteiger partial charge in [-0.2, -0.15) is 5.10 Å². The number of halogens is 1. The molecule has 0 aliphatic rings. The van der Waals surface area contributed by atoms with Crippen LogP contribution in [0, 0.1) is 0 Å². The first-order valence-electron chi connectivity index (χ1n) is 9.88. The summed E-state index contributed by atoms with van der Waals surface area (Å²) in [6.45, 7) is 8.10. The molecule has 162 valence electrons. The Balaban J connectivity index is 1.92. The summed E-state index contributed by atoms with van der Waals surface area (Å²) in [7, 11) is 0. The lowest BCUT2D eigenvalue weighted by atomic mass is 10.2. The van der Waals surface area contributed by atoms with Crippen LogP contribution in [0.1, 0.15) is 5.56 Å². The highest BCUT2D eigenvalue weighted by Crippen LogP contribution is 2.28. The predicted octanol–water partition coefficient (Wildman–Crippen LogP) is 7.03. The van der Waals surface area contributed by atoms with Crippen molar-refractivity contribution in [1.29, 1.82) is 0 Å². The van der Waals surface area contributed by atoms with Gasteiger partial charge >= 0.3 is 0 Å². The quantitative estimate of drug-likeness (QED) is 0.119. The number of nitrogens with one attached hydrogen (secondary N) is 1. The van der Waals surface area contributed by atoms with Gasteiger partial charge in [-0.25, -0.2) is 0 Å². The molecule has 0 aromatic heterocycles. The first-order valence-corrected chi connectivity index (χ1v) is 10.3. The SMILES string of the molecule is C=CCOc1ccccc1N=N/C(=N\Nc1ccccc1OCC=C)c1ccc(Cl)cc1. The number of rotatable bonds is 10. The standard InChI is InChI=1S/C25H23ClN4O2/c1-3-17-31-23-11-7-5-9-21(23)27-29-25(19-13-15-20(26)16-14-19)30-28-22-10-6-8-12-24(22)32-18-4-2/h3-16,27H,1-2,17-18H2/b29-25-,30-28?. The maximum Gasteiger partial charge on any atom is 0.201 e. The predicted molar refractivity (Wildman–Crippen MR) is 130 cm³/mol. The molecule has 3 aromatic rings. The second kappa shape index (κ2) is 12.1. The fourth-order valence-electron chi connectivity index (χ4n) is 2.60. The van der Waals surface area contributed by atoms with Crippen LogP contribution in [-0.4, -0.2) is 19.0 Å². The molecule has 0 radical (unpaired) electrons. The van der Waals surface area contributed by atoms with E-state index in [9.17, 15) is 0 Å². The highest BCUT2D eigenvalue weighted by molar-refractivity contribution is 6.30. The molecule has 3 aromatic carbocycles. The maximum atomic E-state index is 6.04. The minimum Gasteiger partial charge on any atom is -0.487 e. The molecule has 0 saturated carbocycles. The van der Waals surface area contributed by atoms with Crippen molar-refractivity contribution in [3.63, 3.8) is 0 Å². The molecule has 32 heavy (non-hydrogen) atoms. The number of hydrazone groups is 1. The summed E-state index contributed by atoms with van der Waals surface area (Å²) in [4.78, 5) is 0. The van der Waals surface area contributed by atoms with Crippen LogP contribution in [-0.2, 0) is 0 Å². The number of nitrogens with zero attached hydrogens (tertiary/aromatic N) is 3. The average Bonchev–Trinajstić information content (AvgIpc) is 2.83. The summed E-state index contributed by atoms with van der Waals surface area (Å²) in [5, 5.41) is 13.8. The van der Waals surface area contributed by atoms with Gasteiger partial charge in [0.15, 0.2) is 0 Å². The van der Waals surface area contributed by atoms with Gasteiger partial charge in [0.25, 0.3) is 0 Å².